The molecule has 0 saturated heterocycles. The molecule has 7 rings (SSSR count). The number of hydrogen-bond acceptors (Lipinski definition) is 4. The first kappa shape index (κ1) is 26.8. The van der Waals surface area contributed by atoms with Crippen LogP contribution in [0.1, 0.15) is 48.5 Å². The third kappa shape index (κ3) is 4.39. The van der Waals surface area contributed by atoms with Crippen LogP contribution >= 0.6 is 0 Å². The Morgan fingerprint density at radius 1 is 0.537 bits per heavy atom. The number of nitrogens with zero attached hydrogens (tertiary/aromatic N) is 4. The fourth-order valence-corrected chi connectivity index (χ4v) is 5.77. The van der Waals surface area contributed by atoms with Crippen molar-refractivity contribution in [2.75, 3.05) is 0 Å². The van der Waals surface area contributed by atoms with Gasteiger partial charge in [0.1, 0.15) is 34.5 Å². The summed E-state index contributed by atoms with van der Waals surface area (Å²) in [7, 11) is 0. The zero-order valence-corrected chi connectivity index (χ0v) is 24.8. The maximum atomic E-state index is 11.6. The summed E-state index contributed by atoms with van der Waals surface area (Å²) in [6, 6.07) is 31.6. The van der Waals surface area contributed by atoms with Crippen LogP contribution in [0, 0.1) is 0 Å². The first-order valence-electron chi connectivity index (χ1n) is 13.4. The molecule has 0 spiro atoms. The van der Waals surface area contributed by atoms with Crippen molar-refractivity contribution in [2.45, 2.75) is 25.7 Å². The van der Waals surface area contributed by atoms with Crippen LogP contribution in [0.3, 0.4) is 0 Å². The first-order chi connectivity index (χ1) is 19.5. The topological polar surface area (TPSA) is 76.1 Å². The molecule has 4 aromatic carbocycles. The van der Waals surface area contributed by atoms with Gasteiger partial charge < -0.3 is 19.3 Å². The van der Waals surface area contributed by atoms with Gasteiger partial charge in [-0.2, -0.15) is 0 Å². The minimum atomic E-state index is -0.253. The number of aromatic hydroxyl groups is 2. The molecule has 2 N–H and O–H groups in total. The van der Waals surface area contributed by atoms with E-state index in [4.69, 9.17) is 9.97 Å². The Balaban J connectivity index is 0.00000302. The van der Waals surface area contributed by atoms with Gasteiger partial charge in [-0.15, -0.1) is 0 Å². The summed E-state index contributed by atoms with van der Waals surface area (Å²) < 4.78 is 4.15. The normalized spacial score (nSPS) is 15.6. The van der Waals surface area contributed by atoms with E-state index in [-0.39, 0.29) is 44.4 Å². The minimum absolute atomic E-state index is 0. The van der Waals surface area contributed by atoms with Gasteiger partial charge >= 0.3 is 0 Å². The van der Waals surface area contributed by atoms with E-state index in [2.05, 4.69) is 9.13 Å². The Morgan fingerprint density at radius 3 is 1.32 bits per heavy atom. The van der Waals surface area contributed by atoms with E-state index in [1.54, 1.807) is 0 Å². The molecule has 41 heavy (non-hydrogen) atoms. The van der Waals surface area contributed by atoms with Gasteiger partial charge in [-0.3, -0.25) is 0 Å². The van der Waals surface area contributed by atoms with E-state index in [9.17, 15) is 10.2 Å². The van der Waals surface area contributed by atoms with Gasteiger partial charge in [-0.05, 0) is 24.3 Å². The van der Waals surface area contributed by atoms with Crippen LogP contribution in [0.15, 0.2) is 109 Å². The van der Waals surface area contributed by atoms with Gasteiger partial charge in [-0.25, -0.2) is 9.97 Å². The predicted molar refractivity (Wildman–Crippen MR) is 156 cm³/mol. The van der Waals surface area contributed by atoms with Crippen molar-refractivity contribution in [1.29, 1.82) is 0 Å². The Hall–Kier alpha value is -4.41. The molecule has 2 unspecified atom stereocenters. The Labute approximate surface area is 252 Å². The average Bonchev–Trinajstić information content (AvgIpc) is 3.63. The van der Waals surface area contributed by atoms with Crippen LogP contribution < -0.4 is 0 Å². The molecule has 8 bridgehead atoms. The smallest absolute Gasteiger partial charge is 0.127 e. The summed E-state index contributed by atoms with van der Waals surface area (Å²) in [6.45, 7) is 4.09. The van der Waals surface area contributed by atoms with Crippen molar-refractivity contribution in [1.82, 2.24) is 19.1 Å². The summed E-state index contributed by atoms with van der Waals surface area (Å²) in [4.78, 5) is 10.3. The molecule has 6 aromatic rings. The maximum Gasteiger partial charge on any atom is 0.127 e. The van der Waals surface area contributed by atoms with E-state index >= 15 is 0 Å². The van der Waals surface area contributed by atoms with Crippen LogP contribution in [0.25, 0.3) is 33.9 Å². The molecule has 206 valence electrons. The molecule has 0 fully saturated rings. The monoisotopic (exact) mass is 719 g/mol. The van der Waals surface area contributed by atoms with Crippen molar-refractivity contribution in [3.63, 3.8) is 0 Å². The number of rotatable bonds is 2. The molecule has 1 aliphatic rings. The number of benzene rings is 4. The van der Waals surface area contributed by atoms with Crippen LogP contribution in [0.2, 0.25) is 0 Å². The number of fused-ring (bicyclic) bond motifs is 10. The minimum Gasteiger partial charge on any atom is -0.507 e. The average molecular weight is 720 g/mol. The second kappa shape index (κ2) is 10.5. The molecule has 7 heteroatoms. The number of hydrogen-bond donors (Lipinski definition) is 2. The molecule has 2 atom stereocenters. The summed E-state index contributed by atoms with van der Waals surface area (Å²) in [5, 5.41) is 23.2. The molecule has 0 saturated carbocycles. The van der Waals surface area contributed by atoms with Gasteiger partial charge in [0.05, 0.1) is 0 Å². The van der Waals surface area contributed by atoms with E-state index < -0.39 is 0 Å². The molecule has 1 aliphatic heterocycles. The summed E-state index contributed by atoms with van der Waals surface area (Å²) in [5.74, 6) is 1.34. The Bertz CT molecular complexity index is 1720. The number of aromatic nitrogens is 4. The molecule has 0 radical (unpaired) electrons. The van der Waals surface area contributed by atoms with Gasteiger partial charge in [0.2, 0.25) is 0 Å². The van der Waals surface area contributed by atoms with Crippen LogP contribution in [-0.2, 0) is 21.1 Å². The van der Waals surface area contributed by atoms with E-state index in [0.717, 1.165) is 45.5 Å². The third-order valence-electron chi connectivity index (χ3n) is 7.93. The SMILES string of the molecule is CC1c2cccc(c2O)-c2cccc(c2O)C(C)c2nc(cn2-c2ccccc2)-c2cn(-c3ccccc3)c1n2.[Pt]. The largest absolute Gasteiger partial charge is 0.507 e. The van der Waals surface area contributed by atoms with Gasteiger partial charge in [-0.1, -0.05) is 86.6 Å². The number of imidazole rings is 2. The second-order valence-corrected chi connectivity index (χ2v) is 10.3. The number of phenols is 2. The number of phenolic OH excluding ortho intramolecular Hbond substituents is 2. The fraction of sp³-hybridized carbons (Fsp3) is 0.118. The third-order valence-corrected chi connectivity index (χ3v) is 7.93. The van der Waals surface area contributed by atoms with Gasteiger partial charge in [0.25, 0.3) is 0 Å². The fourth-order valence-electron chi connectivity index (χ4n) is 5.77. The van der Waals surface area contributed by atoms with Gasteiger partial charge in [0.15, 0.2) is 0 Å². The van der Waals surface area contributed by atoms with E-state index in [1.807, 2.05) is 123 Å². The van der Waals surface area contributed by atoms with Crippen molar-refractivity contribution >= 4 is 0 Å². The molecular formula is C34H28N4O2Pt. The van der Waals surface area contributed by atoms with E-state index in [0.29, 0.717) is 11.1 Å². The maximum absolute atomic E-state index is 11.6. The molecule has 0 aliphatic carbocycles. The standard InChI is InChI=1S/C34H28N4O2.Pt/c1-21-25-15-9-17-27(31(25)39)28-18-10-16-26(32(28)40)22(2)34-36-30(20-38(34)24-13-7-4-8-14-24)29-19-37(33(21)35-29)23-11-5-3-6-12-23;/h3-22,39-40H,1-2H3;. The quantitative estimate of drug-likeness (QED) is 0.196. The number of para-hydroxylation sites is 4. The summed E-state index contributed by atoms with van der Waals surface area (Å²) in [5.41, 5.74) is 6.05. The van der Waals surface area contributed by atoms with Crippen molar-refractivity contribution < 1.29 is 31.3 Å². The van der Waals surface area contributed by atoms with Crippen LogP contribution in [0.4, 0.5) is 0 Å². The van der Waals surface area contributed by atoms with Crippen LogP contribution in [0.5, 0.6) is 11.5 Å². The van der Waals surface area contributed by atoms with Gasteiger partial charge in [0, 0.05) is 78.9 Å². The van der Waals surface area contributed by atoms with Crippen molar-refractivity contribution in [3.8, 4) is 45.4 Å². The second-order valence-electron chi connectivity index (χ2n) is 10.3. The zero-order chi connectivity index (χ0) is 27.4. The zero-order valence-electron chi connectivity index (χ0n) is 22.5. The Kier molecular flexibility index (Phi) is 6.88. The summed E-state index contributed by atoms with van der Waals surface area (Å²) >= 11 is 0. The predicted octanol–water partition coefficient (Wildman–Crippen LogP) is 7.42. The van der Waals surface area contributed by atoms with E-state index in [1.165, 1.54) is 0 Å². The molecule has 0 amide bonds. The summed E-state index contributed by atoms with van der Waals surface area (Å²) in [6.07, 6.45) is 4.04. The Morgan fingerprint density at radius 2 is 0.927 bits per heavy atom. The molecule has 3 heterocycles. The van der Waals surface area contributed by atoms with Crippen LogP contribution in [-0.4, -0.2) is 29.3 Å². The van der Waals surface area contributed by atoms with Crippen molar-refractivity contribution in [3.05, 3.63) is 132 Å². The first-order valence-corrected chi connectivity index (χ1v) is 13.4. The molecule has 2 aromatic heterocycles. The molecular weight excluding hydrogens is 691 g/mol. The van der Waals surface area contributed by atoms with Crippen molar-refractivity contribution in [2.24, 2.45) is 0 Å². The molecule has 6 nitrogen and oxygen atoms in total.